The summed E-state index contributed by atoms with van der Waals surface area (Å²) in [5.74, 6) is -1.10. The summed E-state index contributed by atoms with van der Waals surface area (Å²) >= 11 is 0. The van der Waals surface area contributed by atoms with Crippen LogP contribution in [0.3, 0.4) is 0 Å². The van der Waals surface area contributed by atoms with Gasteiger partial charge in [0.1, 0.15) is 36.2 Å². The Morgan fingerprint density at radius 2 is 1.27 bits per heavy atom. The van der Waals surface area contributed by atoms with E-state index in [-0.39, 0.29) is 46.3 Å². The molecular weight excluding hydrogens is 894 g/mol. The van der Waals surface area contributed by atoms with Crippen LogP contribution in [0.1, 0.15) is 67.3 Å². The zero-order valence-corrected chi connectivity index (χ0v) is 38.1. The summed E-state index contributed by atoms with van der Waals surface area (Å²) in [6.45, 7) is 5.93. The number of Topliss-reactive ketones (excluding diaryl/α,β-unsaturated/α-hetero) is 2. The van der Waals surface area contributed by atoms with Crippen LogP contribution in [0.15, 0.2) is 121 Å². The molecule has 0 N–H and O–H groups in total. The number of fused-ring (bicyclic) bond motifs is 6. The van der Waals surface area contributed by atoms with Gasteiger partial charge in [0.25, 0.3) is 0 Å². The van der Waals surface area contributed by atoms with Gasteiger partial charge in [0.2, 0.25) is 0 Å². The average molecular weight is 935 g/mol. The number of allylic oxidation sites excluding steroid dienone is 4. The first-order valence-corrected chi connectivity index (χ1v) is 22.9. The first-order valence-electron chi connectivity index (χ1n) is 22.9. The minimum atomic E-state index is -4.59. The number of benzene rings is 1. The van der Waals surface area contributed by atoms with E-state index in [1.807, 2.05) is 67.1 Å². The third kappa shape index (κ3) is 6.97. The Balaban J connectivity index is 0.944. The van der Waals surface area contributed by atoms with Gasteiger partial charge in [-0.2, -0.15) is 33.9 Å². The second kappa shape index (κ2) is 16.4. The quantitative estimate of drug-likeness (QED) is 0.148. The summed E-state index contributed by atoms with van der Waals surface area (Å²) in [6, 6.07) is 21.8. The molecule has 0 saturated heterocycles. The maximum Gasteiger partial charge on any atom is 0.417 e. The van der Waals surface area contributed by atoms with Gasteiger partial charge in [-0.05, 0) is 91.5 Å². The summed E-state index contributed by atoms with van der Waals surface area (Å²) in [7, 11) is 0. The number of nitrogens with zero attached hydrogens (tertiary/aromatic N) is 12. The molecule has 7 aromatic rings. The number of rotatable bonds is 7. The predicted molar refractivity (Wildman–Crippen MR) is 247 cm³/mol. The number of carbonyl (C=O) groups is 2. The van der Waals surface area contributed by atoms with Crippen molar-refractivity contribution in [2.24, 2.45) is 23.7 Å². The van der Waals surface area contributed by atoms with Crippen LogP contribution >= 0.6 is 0 Å². The largest absolute Gasteiger partial charge is 0.417 e. The maximum absolute atomic E-state index is 14.4. The number of aromatic nitrogens is 10. The predicted octanol–water partition coefficient (Wildman–Crippen LogP) is 8.65. The molecule has 4 aliphatic carbocycles. The molecule has 0 bridgehead atoms. The molecule has 1 aromatic carbocycles. The third-order valence-corrected chi connectivity index (χ3v) is 15.1. The van der Waals surface area contributed by atoms with E-state index in [2.05, 4.69) is 44.0 Å². The highest BCUT2D eigenvalue weighted by atomic mass is 19.4. The SMILES string of the molecule is C[C@H]1C(=O)C(C#N)=C[C@@]2(C)c3c(c(-c4ccncn4)nn3-c3ccc(-c4cccc(C[C@H]5C(=O)C(C#N)=C[C@@]6(C)c7c(c(-c8ccncn8)nn7-c7ccc(C(F)(F)F)cn7)CC[C@H]56)c4)cn3)CC[C@H]12. The molecule has 4 aliphatic rings. The Labute approximate surface area is 399 Å². The fraction of sp³-hybridized carbons (Fsp3) is 0.283. The second-order valence-corrected chi connectivity index (χ2v) is 18.9. The van der Waals surface area contributed by atoms with Crippen LogP contribution in [0.5, 0.6) is 0 Å². The Morgan fingerprint density at radius 3 is 1.80 bits per heavy atom. The van der Waals surface area contributed by atoms with E-state index in [1.165, 1.54) is 18.7 Å². The minimum Gasteiger partial charge on any atom is -0.293 e. The smallest absolute Gasteiger partial charge is 0.293 e. The van der Waals surface area contributed by atoms with Crippen LogP contribution in [-0.2, 0) is 45.9 Å². The zero-order chi connectivity index (χ0) is 48.7. The maximum atomic E-state index is 14.4. The highest BCUT2D eigenvalue weighted by Gasteiger charge is 2.53. The van der Waals surface area contributed by atoms with Gasteiger partial charge in [0.05, 0.1) is 39.5 Å². The molecule has 6 aromatic heterocycles. The number of hydrogen-bond acceptors (Lipinski definition) is 12. The van der Waals surface area contributed by atoms with Crippen LogP contribution in [0, 0.1) is 46.3 Å². The molecule has 6 atom stereocenters. The van der Waals surface area contributed by atoms with Crippen LogP contribution in [0.4, 0.5) is 13.2 Å². The summed E-state index contributed by atoms with van der Waals surface area (Å²) in [4.78, 5) is 53.9. The number of nitriles is 2. The molecular formula is C53H41F3N12O2. The van der Waals surface area contributed by atoms with Crippen LogP contribution in [-0.4, -0.2) is 61.0 Å². The van der Waals surface area contributed by atoms with Crippen LogP contribution in [0.25, 0.3) is 45.5 Å². The van der Waals surface area contributed by atoms with Gasteiger partial charge >= 0.3 is 6.18 Å². The van der Waals surface area contributed by atoms with Gasteiger partial charge in [-0.15, -0.1) is 0 Å². The molecule has 0 amide bonds. The van der Waals surface area contributed by atoms with Gasteiger partial charge in [0, 0.05) is 64.1 Å². The minimum absolute atomic E-state index is 0.00161. The molecule has 11 rings (SSSR count). The number of alkyl halides is 3. The van der Waals surface area contributed by atoms with E-state index in [1.54, 1.807) is 35.4 Å². The molecule has 14 nitrogen and oxygen atoms in total. The van der Waals surface area contributed by atoms with Crippen molar-refractivity contribution in [3.05, 3.63) is 155 Å². The second-order valence-electron chi connectivity index (χ2n) is 18.9. The first-order chi connectivity index (χ1) is 33.7. The summed E-state index contributed by atoms with van der Waals surface area (Å²) < 4.78 is 44.4. The van der Waals surface area contributed by atoms with Crippen LogP contribution < -0.4 is 0 Å². The van der Waals surface area contributed by atoms with Gasteiger partial charge in [-0.3, -0.25) is 9.59 Å². The molecule has 17 heteroatoms. The number of pyridine rings is 2. The first kappa shape index (κ1) is 44.2. The fourth-order valence-corrected chi connectivity index (χ4v) is 11.8. The van der Waals surface area contributed by atoms with E-state index in [4.69, 9.17) is 15.2 Å². The topological polar surface area (TPSA) is 195 Å². The molecule has 0 unspecified atom stereocenters. The van der Waals surface area contributed by atoms with E-state index in [0.717, 1.165) is 52.2 Å². The molecule has 0 radical (unpaired) electrons. The number of hydrogen-bond donors (Lipinski definition) is 0. The molecule has 0 saturated carbocycles. The van der Waals surface area contributed by atoms with E-state index in [9.17, 15) is 33.3 Å². The van der Waals surface area contributed by atoms with Crippen molar-refractivity contribution >= 4 is 11.6 Å². The molecule has 70 heavy (non-hydrogen) atoms. The number of carbonyl (C=O) groups excluding carboxylic acids is 2. The van der Waals surface area contributed by atoms with Gasteiger partial charge in [-0.25, -0.2) is 39.3 Å². The van der Waals surface area contributed by atoms with Crippen molar-refractivity contribution in [3.63, 3.8) is 0 Å². The molecule has 346 valence electrons. The highest BCUT2D eigenvalue weighted by molar-refractivity contribution is 6.03. The summed E-state index contributed by atoms with van der Waals surface area (Å²) in [5.41, 5.74) is 5.76. The highest BCUT2D eigenvalue weighted by Crippen LogP contribution is 2.54. The lowest BCUT2D eigenvalue weighted by Gasteiger charge is -2.46. The zero-order valence-electron chi connectivity index (χ0n) is 38.1. The Kier molecular flexibility index (Phi) is 10.4. The molecule has 0 aliphatic heterocycles. The molecule has 0 fully saturated rings. The molecule has 0 spiro atoms. The van der Waals surface area contributed by atoms with Gasteiger partial charge in [0.15, 0.2) is 23.2 Å². The lowest BCUT2D eigenvalue weighted by Crippen LogP contribution is -2.48. The third-order valence-electron chi connectivity index (χ3n) is 15.1. The van der Waals surface area contributed by atoms with Crippen molar-refractivity contribution in [3.8, 4) is 57.7 Å². The Bertz CT molecular complexity index is 3420. The van der Waals surface area contributed by atoms with Crippen molar-refractivity contribution < 1.29 is 22.8 Å². The van der Waals surface area contributed by atoms with E-state index >= 15 is 0 Å². The van der Waals surface area contributed by atoms with Crippen molar-refractivity contribution in [2.75, 3.05) is 0 Å². The number of ketones is 2. The van der Waals surface area contributed by atoms with Gasteiger partial charge in [-0.1, -0.05) is 57.2 Å². The Morgan fingerprint density at radius 1 is 0.700 bits per heavy atom. The average Bonchev–Trinajstić information content (AvgIpc) is 3.98. The normalized spacial score (nSPS) is 23.7. The lowest BCUT2D eigenvalue weighted by molar-refractivity contribution is -0.137. The van der Waals surface area contributed by atoms with Crippen LogP contribution in [0.2, 0.25) is 0 Å². The van der Waals surface area contributed by atoms with Crippen molar-refractivity contribution in [1.82, 2.24) is 49.5 Å². The summed E-state index contributed by atoms with van der Waals surface area (Å²) in [6.07, 6.45) is 10.3. The van der Waals surface area contributed by atoms with E-state index < -0.39 is 28.5 Å². The lowest BCUT2D eigenvalue weighted by atomic mass is 9.56. The monoisotopic (exact) mass is 934 g/mol. The van der Waals surface area contributed by atoms with E-state index in [0.29, 0.717) is 60.0 Å². The Hall–Kier alpha value is -8.31. The summed E-state index contributed by atoms with van der Waals surface area (Å²) in [5, 5.41) is 30.6. The van der Waals surface area contributed by atoms with Gasteiger partial charge < -0.3 is 0 Å². The number of halogens is 3. The standard InChI is InChI=1S/C53H41F3N12O2/c1-29-39-11-9-36-45(41-15-17-59-27-63-41)65-67(49(36)51(39,2)21-33(23-57)47(29)69)43-13-7-32(25-61-43)31-6-4-5-30(19-31)20-38-40-12-10-37-46(42-16-18-60-28-64-42)66-68(44-14-8-35(26-62-44)53(54,55)56)50(37)52(40,3)22-34(24-58)48(38)70/h4-8,13-19,21-22,25-29,38-40H,9-12,20H2,1-3H3/t29-,38-,39-,40-,51-,52-/m1/s1. The van der Waals surface area contributed by atoms with Crippen molar-refractivity contribution in [2.45, 2.75) is 69.9 Å². The molecule has 6 heterocycles. The fourth-order valence-electron chi connectivity index (χ4n) is 11.8. The van der Waals surface area contributed by atoms with Crippen molar-refractivity contribution in [1.29, 1.82) is 10.5 Å².